The molecule has 212 valence electrons. The first-order valence-corrected chi connectivity index (χ1v) is 12.0. The van der Waals surface area contributed by atoms with Crippen LogP contribution in [-0.4, -0.2) is 77.7 Å². The van der Waals surface area contributed by atoms with E-state index in [1.54, 1.807) is 30.5 Å². The van der Waals surface area contributed by atoms with Crippen molar-refractivity contribution in [3.05, 3.63) is 79.1 Å². The molecule has 0 radical (unpaired) electrons. The van der Waals surface area contributed by atoms with Crippen LogP contribution >= 0.6 is 0 Å². The molecule has 1 aliphatic rings. The van der Waals surface area contributed by atoms with Gasteiger partial charge in [-0.25, -0.2) is 9.67 Å². The molecule has 1 saturated heterocycles. The molecule has 5 rings (SSSR count). The lowest BCUT2D eigenvalue weighted by Crippen LogP contribution is -2.36. The molecule has 1 amide bonds. The Kier molecular flexibility index (Phi) is 4.71. The van der Waals surface area contributed by atoms with E-state index in [9.17, 15) is 4.79 Å². The van der Waals surface area contributed by atoms with E-state index < -0.39 is 63.2 Å². The van der Waals surface area contributed by atoms with E-state index in [4.69, 9.17) is 23.9 Å². The van der Waals surface area contributed by atoms with Crippen LogP contribution < -0.4 is 20.3 Å². The van der Waals surface area contributed by atoms with Gasteiger partial charge in [-0.1, -0.05) is 36.9 Å². The number of hydrogen-bond acceptors (Lipinski definition) is 9. The first-order chi connectivity index (χ1) is 25.3. The van der Waals surface area contributed by atoms with Crippen LogP contribution in [0.25, 0.3) is 17.1 Å². The van der Waals surface area contributed by atoms with Gasteiger partial charge in [0.05, 0.1) is 58.0 Å². The van der Waals surface area contributed by atoms with Crippen molar-refractivity contribution in [3.8, 4) is 22.8 Å². The molecule has 1 fully saturated rings. The summed E-state index contributed by atoms with van der Waals surface area (Å²) in [6.07, 6.45) is 3.72. The second kappa shape index (κ2) is 12.6. The van der Waals surface area contributed by atoms with E-state index in [-0.39, 0.29) is 28.9 Å². The van der Waals surface area contributed by atoms with E-state index in [1.165, 1.54) is 28.9 Å². The minimum atomic E-state index is -3.49. The van der Waals surface area contributed by atoms with Crippen LogP contribution in [0.5, 0.6) is 5.75 Å². The van der Waals surface area contributed by atoms with Crippen molar-refractivity contribution in [1.29, 1.82) is 0 Å². The van der Waals surface area contributed by atoms with Gasteiger partial charge < -0.3 is 29.9 Å². The van der Waals surface area contributed by atoms with E-state index >= 15 is 0 Å². The van der Waals surface area contributed by atoms with Gasteiger partial charge in [-0.05, 0) is 26.2 Å². The van der Waals surface area contributed by atoms with Gasteiger partial charge in [-0.15, -0.1) is 0 Å². The minimum absolute atomic E-state index is 0.0135. The summed E-state index contributed by atoms with van der Waals surface area (Å²) in [6.45, 7) is -13.0. The monoisotopic (exact) mass is 568 g/mol. The molecule has 3 heterocycles. The molecule has 0 atom stereocenters. The standard InChI is InChI=1S/C30H34N8O3/c1-5-28(39)32-23-17-24(26(40-4)18-25(23)37-13-15-41-16-14-37)33-30-31-12-11-27(34-30)38-20-22(19-36(2)3)29(35-38)21-9-7-6-8-10-21/h5-12,17-18,20H,1,13-16,19H2,2-4H3,(H,32,39)(H,31,33,34)/i2D3,4D3,13D2,14D2,15D2,16D2. The van der Waals surface area contributed by atoms with Gasteiger partial charge >= 0.3 is 0 Å². The molecule has 2 aromatic heterocycles. The van der Waals surface area contributed by atoms with Crippen LogP contribution in [0.4, 0.5) is 23.0 Å². The lowest BCUT2D eigenvalue weighted by molar-refractivity contribution is -0.111. The van der Waals surface area contributed by atoms with Crippen LogP contribution in [0.15, 0.2) is 73.6 Å². The number of benzene rings is 2. The molecule has 0 saturated carbocycles. The Hall–Kier alpha value is -4.74. The van der Waals surface area contributed by atoms with Gasteiger partial charge in [0.1, 0.15) is 5.75 Å². The number of hydrogen-bond donors (Lipinski definition) is 2. The first-order valence-electron chi connectivity index (χ1n) is 19.0. The number of nitrogens with one attached hydrogen (secondary N) is 2. The quantitative estimate of drug-likeness (QED) is 0.273. The van der Waals surface area contributed by atoms with Crippen molar-refractivity contribution in [3.63, 3.8) is 0 Å². The highest BCUT2D eigenvalue weighted by Gasteiger charge is 2.20. The third-order valence-electron chi connectivity index (χ3n) is 5.68. The largest absolute Gasteiger partial charge is 0.494 e. The van der Waals surface area contributed by atoms with Crippen molar-refractivity contribution >= 4 is 28.9 Å². The van der Waals surface area contributed by atoms with Gasteiger partial charge in [-0.3, -0.25) is 4.79 Å². The number of carbonyl (C=O) groups excluding carboxylic acids is 1. The zero-order chi connectivity index (χ0) is 40.9. The van der Waals surface area contributed by atoms with Crippen molar-refractivity contribution in [2.75, 3.05) is 62.7 Å². The Morgan fingerprint density at radius 3 is 2.83 bits per heavy atom. The second-order valence-electron chi connectivity index (χ2n) is 8.56. The maximum atomic E-state index is 12.6. The second-order valence-corrected chi connectivity index (χ2v) is 8.56. The molecule has 1 aliphatic heterocycles. The number of ether oxygens (including phenoxy) is 2. The number of nitrogens with zero attached hydrogens (tertiary/aromatic N) is 6. The highest BCUT2D eigenvalue weighted by molar-refractivity contribution is 6.02. The van der Waals surface area contributed by atoms with Gasteiger partial charge in [0.25, 0.3) is 0 Å². The number of carbonyl (C=O) groups is 1. The summed E-state index contributed by atoms with van der Waals surface area (Å²) >= 11 is 0. The fourth-order valence-corrected chi connectivity index (χ4v) is 3.93. The average Bonchev–Trinajstić information content (AvgIpc) is 3.48. The summed E-state index contributed by atoms with van der Waals surface area (Å²) in [5.74, 6) is -1.58. The molecule has 11 heteroatoms. The molecule has 2 N–H and O–H groups in total. The molecule has 0 unspecified atom stereocenters. The minimum Gasteiger partial charge on any atom is -0.494 e. The summed E-state index contributed by atoms with van der Waals surface area (Å²) in [5, 5.41) is 9.76. The third kappa shape index (κ3) is 6.53. The fourth-order valence-electron chi connectivity index (χ4n) is 3.93. The zero-order valence-electron chi connectivity index (χ0n) is 35.7. The van der Waals surface area contributed by atoms with E-state index in [2.05, 4.69) is 37.0 Å². The first kappa shape index (κ1) is 15.3. The number of rotatable bonds is 10. The SMILES string of the molecule is [2H]C([2H])([2H])Oc1cc(N2C([2H])([2H])C([2H])([2H])OC([2H])([2H])C2([2H])[2H])c(NC(=O)C=C)cc1Nc1nccc(-n2cc(CN(C)C([2H])([2H])[2H])c(-c3ccccc3)n2)n1. The third-order valence-corrected chi connectivity index (χ3v) is 5.68. The fraction of sp³-hybridized carbons (Fsp3) is 0.267. The lowest BCUT2D eigenvalue weighted by Gasteiger charge is -2.31. The number of morpholine rings is 1. The van der Waals surface area contributed by atoms with E-state index in [0.29, 0.717) is 16.8 Å². The highest BCUT2D eigenvalue weighted by atomic mass is 16.5. The Morgan fingerprint density at radius 2 is 2.07 bits per heavy atom. The normalized spacial score (nSPS) is 23.8. The molecule has 0 spiro atoms. The Balaban J connectivity index is 1.65. The van der Waals surface area contributed by atoms with Gasteiger partial charge in [0.2, 0.25) is 11.9 Å². The van der Waals surface area contributed by atoms with E-state index in [0.717, 1.165) is 18.2 Å². The maximum absolute atomic E-state index is 12.6. The Labute approximate surface area is 259 Å². The van der Waals surface area contributed by atoms with E-state index in [1.807, 2.05) is 6.07 Å². The van der Waals surface area contributed by atoms with Gasteiger partial charge in [-0.2, -0.15) is 10.1 Å². The number of amides is 1. The Morgan fingerprint density at radius 1 is 1.24 bits per heavy atom. The number of aromatic nitrogens is 4. The molecular weight excluding hydrogens is 520 g/mol. The average molecular weight is 569 g/mol. The topological polar surface area (TPSA) is 110 Å². The van der Waals surface area contributed by atoms with Crippen molar-refractivity contribution in [1.82, 2.24) is 24.6 Å². The highest BCUT2D eigenvalue weighted by Crippen LogP contribution is 2.38. The zero-order valence-corrected chi connectivity index (χ0v) is 21.7. The van der Waals surface area contributed by atoms with Crippen molar-refractivity contribution < 1.29 is 33.5 Å². The van der Waals surface area contributed by atoms with Crippen LogP contribution in [0.2, 0.25) is 0 Å². The predicted molar refractivity (Wildman–Crippen MR) is 160 cm³/mol. The summed E-state index contributed by atoms with van der Waals surface area (Å²) in [7, 11) is -1.74. The predicted octanol–water partition coefficient (Wildman–Crippen LogP) is 4.10. The Bertz CT molecular complexity index is 2050. The molecule has 41 heavy (non-hydrogen) atoms. The van der Waals surface area contributed by atoms with Gasteiger partial charge in [0, 0.05) is 59.3 Å². The van der Waals surface area contributed by atoms with Crippen LogP contribution in [0.1, 0.15) is 24.8 Å². The summed E-state index contributed by atoms with van der Waals surface area (Å²) in [6, 6.07) is 12.3. The van der Waals surface area contributed by atoms with Crippen molar-refractivity contribution in [2.24, 2.45) is 0 Å². The van der Waals surface area contributed by atoms with Crippen molar-refractivity contribution in [2.45, 2.75) is 6.54 Å². The number of anilines is 4. The van der Waals surface area contributed by atoms with Crippen LogP contribution in [0, 0.1) is 0 Å². The number of methoxy groups -OCH3 is 1. The molecule has 4 aromatic rings. The lowest BCUT2D eigenvalue weighted by atomic mass is 10.1. The van der Waals surface area contributed by atoms with Gasteiger partial charge in [0.15, 0.2) is 5.82 Å². The van der Waals surface area contributed by atoms with Crippen LogP contribution in [0.3, 0.4) is 0 Å². The molecular formula is C30H34N8O3. The molecule has 0 bridgehead atoms. The summed E-state index contributed by atoms with van der Waals surface area (Å²) in [4.78, 5) is 22.5. The molecule has 0 aliphatic carbocycles. The summed E-state index contributed by atoms with van der Waals surface area (Å²) < 4.78 is 125. The molecule has 11 nitrogen and oxygen atoms in total. The maximum Gasteiger partial charge on any atom is 0.247 e. The van der Waals surface area contributed by atoms with Crippen LogP contribution in [-0.2, 0) is 16.1 Å². The smallest absolute Gasteiger partial charge is 0.247 e. The summed E-state index contributed by atoms with van der Waals surface area (Å²) in [5.41, 5.74) is 0.222. The molecule has 2 aromatic carbocycles.